The van der Waals surface area contributed by atoms with Crippen molar-refractivity contribution in [3.8, 4) is 6.07 Å². The van der Waals surface area contributed by atoms with Gasteiger partial charge in [0.2, 0.25) is 0 Å². The maximum absolute atomic E-state index is 13.0. The van der Waals surface area contributed by atoms with Gasteiger partial charge in [-0.15, -0.1) is 0 Å². The summed E-state index contributed by atoms with van der Waals surface area (Å²) in [5.41, 5.74) is 1.16. The van der Waals surface area contributed by atoms with Gasteiger partial charge in [-0.3, -0.25) is 4.79 Å². The highest BCUT2D eigenvalue weighted by molar-refractivity contribution is 5.98. The summed E-state index contributed by atoms with van der Waals surface area (Å²) in [6.07, 6.45) is 8.10. The van der Waals surface area contributed by atoms with E-state index < -0.39 is 17.3 Å². The first-order chi connectivity index (χ1) is 9.69. The summed E-state index contributed by atoms with van der Waals surface area (Å²) in [5.74, 6) is -0.695. The summed E-state index contributed by atoms with van der Waals surface area (Å²) >= 11 is 0. The number of rotatable bonds is 1. The molecule has 3 atom stereocenters. The molecule has 1 saturated carbocycles. The number of hydrogen-bond donors (Lipinski definition) is 0. The van der Waals surface area contributed by atoms with Gasteiger partial charge in [0, 0.05) is 0 Å². The van der Waals surface area contributed by atoms with Gasteiger partial charge in [-0.1, -0.05) is 66.8 Å². The summed E-state index contributed by atoms with van der Waals surface area (Å²) in [6, 6.07) is 12.0. The lowest BCUT2D eigenvalue weighted by Gasteiger charge is -2.39. The molecule has 1 aromatic rings. The number of carbonyl (C=O) groups excluding carboxylic acids is 1. The van der Waals surface area contributed by atoms with Crippen molar-refractivity contribution in [2.75, 3.05) is 0 Å². The van der Waals surface area contributed by atoms with E-state index in [2.05, 4.69) is 12.6 Å². The summed E-state index contributed by atoms with van der Waals surface area (Å²) in [7, 11) is 0. The summed E-state index contributed by atoms with van der Waals surface area (Å²) in [4.78, 5) is 13.0. The molecule has 0 unspecified atom stereocenters. The van der Waals surface area contributed by atoms with Crippen LogP contribution in [-0.4, -0.2) is 5.78 Å². The molecular formula is C18H15NO. The van der Waals surface area contributed by atoms with Crippen LogP contribution in [0.3, 0.4) is 0 Å². The first-order valence-electron chi connectivity index (χ1n) is 6.72. The van der Waals surface area contributed by atoms with E-state index >= 15 is 0 Å². The lowest BCUT2D eigenvalue weighted by atomic mass is 9.60. The number of nitrogens with zero attached hydrogens (tertiary/aromatic N) is 1. The molecule has 2 heteroatoms. The lowest BCUT2D eigenvalue weighted by molar-refractivity contribution is -0.127. The molecule has 1 aromatic carbocycles. The number of hydrogen-bond acceptors (Lipinski definition) is 2. The topological polar surface area (TPSA) is 40.9 Å². The quantitative estimate of drug-likeness (QED) is 0.727. The van der Waals surface area contributed by atoms with Crippen molar-refractivity contribution in [3.05, 3.63) is 72.4 Å². The Morgan fingerprint density at radius 2 is 2.00 bits per heavy atom. The second-order valence-electron chi connectivity index (χ2n) is 5.41. The van der Waals surface area contributed by atoms with E-state index in [1.807, 2.05) is 54.6 Å². The Hall–Kier alpha value is -2.40. The molecule has 2 nitrogen and oxygen atoms in total. The average molecular weight is 261 g/mol. The Morgan fingerprint density at radius 3 is 2.70 bits per heavy atom. The fraction of sp³-hybridized carbons (Fsp3) is 0.222. The van der Waals surface area contributed by atoms with Gasteiger partial charge in [0.15, 0.2) is 5.78 Å². The molecular weight excluding hydrogens is 246 g/mol. The van der Waals surface area contributed by atoms with Crippen LogP contribution in [0.25, 0.3) is 0 Å². The number of Topliss-reactive ketones (excluding diaryl/α,β-unsaturated/α-hetero) is 1. The van der Waals surface area contributed by atoms with Gasteiger partial charge in [0.05, 0.1) is 23.3 Å². The zero-order valence-electron chi connectivity index (χ0n) is 11.1. The highest BCUT2D eigenvalue weighted by Crippen LogP contribution is 2.46. The molecule has 0 spiro atoms. The standard InChI is InChI=1S/C18H15NO/c1-13-11-18(14-7-3-2-4-8-14)10-6-5-9-15(17(18)20)16(13)12-19/h2-10,15-16H,1,11H2/t15-,16-,18+/m1/s1. The smallest absolute Gasteiger partial charge is 0.155 e. The predicted octanol–water partition coefficient (Wildman–Crippen LogP) is 3.34. The Morgan fingerprint density at radius 1 is 1.25 bits per heavy atom. The van der Waals surface area contributed by atoms with Crippen LogP contribution in [0.2, 0.25) is 0 Å². The molecule has 0 N–H and O–H groups in total. The third kappa shape index (κ3) is 1.67. The van der Waals surface area contributed by atoms with Gasteiger partial charge >= 0.3 is 0 Å². The zero-order chi connectivity index (χ0) is 14.2. The molecule has 0 radical (unpaired) electrons. The molecule has 2 bridgehead atoms. The molecule has 1 fully saturated rings. The predicted molar refractivity (Wildman–Crippen MR) is 77.8 cm³/mol. The van der Waals surface area contributed by atoms with E-state index in [1.54, 1.807) is 0 Å². The van der Waals surface area contributed by atoms with Crippen molar-refractivity contribution >= 4 is 5.78 Å². The zero-order valence-corrected chi connectivity index (χ0v) is 11.1. The van der Waals surface area contributed by atoms with Crippen LogP contribution in [0.15, 0.2) is 66.8 Å². The summed E-state index contributed by atoms with van der Waals surface area (Å²) < 4.78 is 0. The van der Waals surface area contributed by atoms with Crippen molar-refractivity contribution in [3.63, 3.8) is 0 Å². The molecule has 0 aliphatic heterocycles. The van der Waals surface area contributed by atoms with Crippen LogP contribution in [0.4, 0.5) is 0 Å². The molecule has 2 aliphatic rings. The number of carbonyl (C=O) groups is 1. The molecule has 20 heavy (non-hydrogen) atoms. The van der Waals surface area contributed by atoms with Crippen LogP contribution in [0.1, 0.15) is 12.0 Å². The lowest BCUT2D eigenvalue weighted by Crippen LogP contribution is -2.45. The van der Waals surface area contributed by atoms with Crippen molar-refractivity contribution in [1.82, 2.24) is 0 Å². The van der Waals surface area contributed by atoms with Crippen LogP contribution in [-0.2, 0) is 10.2 Å². The van der Waals surface area contributed by atoms with Crippen molar-refractivity contribution in [2.24, 2.45) is 11.8 Å². The maximum Gasteiger partial charge on any atom is 0.155 e. The minimum absolute atomic E-state index is 0.104. The summed E-state index contributed by atoms with van der Waals surface area (Å²) in [5, 5.41) is 9.32. The van der Waals surface area contributed by atoms with E-state index in [1.165, 1.54) is 0 Å². The number of allylic oxidation sites excluding steroid dienone is 5. The Balaban J connectivity index is 2.18. The molecule has 0 saturated heterocycles. The van der Waals surface area contributed by atoms with Crippen molar-refractivity contribution in [1.29, 1.82) is 5.26 Å². The third-order valence-electron chi connectivity index (χ3n) is 4.29. The fourth-order valence-electron chi connectivity index (χ4n) is 3.25. The number of nitriles is 1. The second kappa shape index (κ2) is 4.61. The second-order valence-corrected chi connectivity index (χ2v) is 5.41. The molecule has 0 amide bonds. The average Bonchev–Trinajstić information content (AvgIpc) is 2.58. The third-order valence-corrected chi connectivity index (χ3v) is 4.29. The van der Waals surface area contributed by atoms with Crippen molar-refractivity contribution < 1.29 is 4.79 Å². The molecule has 0 heterocycles. The Labute approximate surface area is 118 Å². The first-order valence-corrected chi connectivity index (χ1v) is 6.72. The highest BCUT2D eigenvalue weighted by atomic mass is 16.1. The number of fused-ring (bicyclic) bond motifs is 2. The fourth-order valence-corrected chi connectivity index (χ4v) is 3.25. The normalized spacial score (nSPS) is 31.8. The minimum Gasteiger partial charge on any atom is -0.298 e. The Kier molecular flexibility index (Phi) is 2.91. The maximum atomic E-state index is 13.0. The van der Waals surface area contributed by atoms with Gasteiger partial charge in [-0.25, -0.2) is 0 Å². The SMILES string of the molecule is C=C1C[C@]2(c3ccccc3)C=CC=C[C@@H](C2=O)[C@@H]1C#N. The van der Waals surface area contributed by atoms with Gasteiger partial charge < -0.3 is 0 Å². The van der Waals surface area contributed by atoms with Gasteiger partial charge in [0.1, 0.15) is 0 Å². The monoisotopic (exact) mass is 261 g/mol. The molecule has 0 aromatic heterocycles. The van der Waals surface area contributed by atoms with Gasteiger partial charge in [-0.2, -0.15) is 5.26 Å². The highest BCUT2D eigenvalue weighted by Gasteiger charge is 2.49. The summed E-state index contributed by atoms with van der Waals surface area (Å²) in [6.45, 7) is 4.05. The Bertz CT molecular complexity index is 662. The van der Waals surface area contributed by atoms with Crippen LogP contribution in [0.5, 0.6) is 0 Å². The molecule has 3 rings (SSSR count). The first kappa shape index (κ1) is 12.6. The van der Waals surface area contributed by atoms with Crippen LogP contribution >= 0.6 is 0 Å². The van der Waals surface area contributed by atoms with Gasteiger partial charge in [0.25, 0.3) is 0 Å². The van der Waals surface area contributed by atoms with E-state index in [-0.39, 0.29) is 5.78 Å². The van der Waals surface area contributed by atoms with Crippen molar-refractivity contribution in [2.45, 2.75) is 11.8 Å². The largest absolute Gasteiger partial charge is 0.298 e. The van der Waals surface area contributed by atoms with E-state index in [0.717, 1.165) is 11.1 Å². The minimum atomic E-state index is -0.667. The van der Waals surface area contributed by atoms with E-state index in [9.17, 15) is 10.1 Å². The van der Waals surface area contributed by atoms with Gasteiger partial charge in [-0.05, 0) is 12.0 Å². The molecule has 2 aliphatic carbocycles. The van der Waals surface area contributed by atoms with Crippen LogP contribution in [0, 0.1) is 23.2 Å². The number of ketones is 1. The van der Waals surface area contributed by atoms with E-state index in [0.29, 0.717) is 6.42 Å². The van der Waals surface area contributed by atoms with E-state index in [4.69, 9.17) is 0 Å². The molecule has 98 valence electrons. The van der Waals surface area contributed by atoms with Crippen LogP contribution < -0.4 is 0 Å². The number of benzene rings is 1.